The van der Waals surface area contributed by atoms with Crippen LogP contribution in [0.4, 0.5) is 13.2 Å². The monoisotopic (exact) mass is 353 g/mol. The molecule has 0 radical (unpaired) electrons. The van der Waals surface area contributed by atoms with Crippen molar-refractivity contribution in [3.63, 3.8) is 0 Å². The normalized spacial score (nSPS) is 11.9. The second-order valence-corrected chi connectivity index (χ2v) is 6.45. The predicted molar refractivity (Wildman–Crippen MR) is 85.9 cm³/mol. The van der Waals surface area contributed by atoms with Crippen LogP contribution in [0, 0.1) is 6.92 Å². The van der Waals surface area contributed by atoms with Crippen molar-refractivity contribution >= 4 is 27.5 Å². The smallest absolute Gasteiger partial charge is 0.347 e. The molecule has 0 unspecified atom stereocenters. The third-order valence-electron chi connectivity index (χ3n) is 3.63. The Bertz CT molecular complexity index is 877. The lowest BCUT2D eigenvalue weighted by atomic mass is 10.1. The highest BCUT2D eigenvalue weighted by Crippen LogP contribution is 2.30. The molecular weight excluding hydrogens is 339 g/mol. The van der Waals surface area contributed by atoms with Gasteiger partial charge in [0.15, 0.2) is 0 Å². The molecule has 0 aliphatic rings. The van der Waals surface area contributed by atoms with Gasteiger partial charge in [-0.25, -0.2) is 0 Å². The molecule has 1 amide bonds. The number of aromatic nitrogens is 2. The molecule has 2 heterocycles. The second-order valence-electron chi connectivity index (χ2n) is 5.42. The van der Waals surface area contributed by atoms with Gasteiger partial charge in [-0.05, 0) is 30.7 Å². The maximum atomic E-state index is 12.7. The largest absolute Gasteiger partial charge is 0.416 e. The van der Waals surface area contributed by atoms with Gasteiger partial charge in [0.1, 0.15) is 4.83 Å². The molecule has 0 fully saturated rings. The van der Waals surface area contributed by atoms with Crippen molar-refractivity contribution in [1.29, 1.82) is 0 Å². The quantitative estimate of drug-likeness (QED) is 0.776. The summed E-state index contributed by atoms with van der Waals surface area (Å²) in [6.07, 6.45) is -4.39. The first-order valence-corrected chi connectivity index (χ1v) is 7.95. The molecule has 8 heteroatoms. The Morgan fingerprint density at radius 2 is 2.08 bits per heavy atom. The van der Waals surface area contributed by atoms with Crippen LogP contribution >= 0.6 is 11.3 Å². The van der Waals surface area contributed by atoms with Crippen LogP contribution in [0.25, 0.3) is 10.2 Å². The van der Waals surface area contributed by atoms with Crippen LogP contribution in [0.15, 0.2) is 30.3 Å². The number of aryl methyl sites for hydroxylation is 2. The van der Waals surface area contributed by atoms with Crippen LogP contribution in [0.3, 0.4) is 0 Å². The minimum absolute atomic E-state index is 0.0359. The van der Waals surface area contributed by atoms with E-state index < -0.39 is 11.7 Å². The van der Waals surface area contributed by atoms with E-state index in [1.54, 1.807) is 23.9 Å². The molecule has 3 aromatic rings. The number of carbonyl (C=O) groups is 1. The molecule has 4 nitrogen and oxygen atoms in total. The zero-order valence-corrected chi connectivity index (χ0v) is 13.8. The molecule has 2 aromatic heterocycles. The molecule has 1 N–H and O–H groups in total. The Balaban J connectivity index is 1.74. The van der Waals surface area contributed by atoms with E-state index in [9.17, 15) is 18.0 Å². The fourth-order valence-electron chi connectivity index (χ4n) is 2.44. The van der Waals surface area contributed by atoms with Gasteiger partial charge >= 0.3 is 6.18 Å². The second kappa shape index (κ2) is 5.94. The standard InChI is InChI=1S/C16H14F3N3OS/c1-9-12-7-13(24-15(12)22(2)21-9)14(23)20-8-10-4-3-5-11(6-10)16(17,18)19/h3-7H,8H2,1-2H3,(H,20,23). The van der Waals surface area contributed by atoms with E-state index in [-0.39, 0.29) is 12.5 Å². The minimum atomic E-state index is -4.39. The van der Waals surface area contributed by atoms with Gasteiger partial charge in [-0.3, -0.25) is 9.48 Å². The number of amides is 1. The summed E-state index contributed by atoms with van der Waals surface area (Å²) in [5.41, 5.74) is 0.510. The molecule has 24 heavy (non-hydrogen) atoms. The maximum absolute atomic E-state index is 12.7. The molecule has 1 aromatic carbocycles. The van der Waals surface area contributed by atoms with Gasteiger partial charge < -0.3 is 5.32 Å². The molecule has 126 valence electrons. The SMILES string of the molecule is Cc1nn(C)c2sc(C(=O)NCc3cccc(C(F)(F)F)c3)cc12. The molecule has 0 bridgehead atoms. The van der Waals surface area contributed by atoms with Crippen LogP contribution < -0.4 is 5.32 Å². The third kappa shape index (κ3) is 3.14. The highest BCUT2D eigenvalue weighted by Gasteiger charge is 2.30. The molecule has 0 atom stereocenters. The number of thiophene rings is 1. The fraction of sp³-hybridized carbons (Fsp3) is 0.250. The Kier molecular flexibility index (Phi) is 4.08. The van der Waals surface area contributed by atoms with E-state index in [1.165, 1.54) is 17.4 Å². The summed E-state index contributed by atoms with van der Waals surface area (Å²) in [4.78, 5) is 13.6. The molecule has 0 aliphatic heterocycles. The summed E-state index contributed by atoms with van der Waals surface area (Å²) in [5, 5.41) is 7.83. The van der Waals surface area contributed by atoms with E-state index in [1.807, 2.05) is 6.92 Å². The zero-order chi connectivity index (χ0) is 17.5. The third-order valence-corrected chi connectivity index (χ3v) is 4.83. The summed E-state index contributed by atoms with van der Waals surface area (Å²) >= 11 is 1.30. The molecule has 0 saturated heterocycles. The van der Waals surface area contributed by atoms with Crippen molar-refractivity contribution in [3.8, 4) is 0 Å². The minimum Gasteiger partial charge on any atom is -0.347 e. The topological polar surface area (TPSA) is 46.9 Å². The maximum Gasteiger partial charge on any atom is 0.416 e. The van der Waals surface area contributed by atoms with E-state index in [0.717, 1.165) is 28.0 Å². The van der Waals surface area contributed by atoms with E-state index in [2.05, 4.69) is 10.4 Å². The van der Waals surface area contributed by atoms with Gasteiger partial charge in [-0.15, -0.1) is 11.3 Å². The van der Waals surface area contributed by atoms with Crippen LogP contribution in [0.5, 0.6) is 0 Å². The molecule has 0 spiro atoms. The van der Waals surface area contributed by atoms with E-state index >= 15 is 0 Å². The highest BCUT2D eigenvalue weighted by molar-refractivity contribution is 7.20. The number of carbonyl (C=O) groups excluding carboxylic acids is 1. The van der Waals surface area contributed by atoms with Crippen molar-refractivity contribution in [1.82, 2.24) is 15.1 Å². The molecule has 3 rings (SSSR count). The highest BCUT2D eigenvalue weighted by atomic mass is 32.1. The average molecular weight is 353 g/mol. The van der Waals surface area contributed by atoms with Gasteiger partial charge in [0.25, 0.3) is 5.91 Å². The van der Waals surface area contributed by atoms with Crippen molar-refractivity contribution in [2.45, 2.75) is 19.6 Å². The van der Waals surface area contributed by atoms with Crippen molar-refractivity contribution in [2.24, 2.45) is 7.05 Å². The fourth-order valence-corrected chi connectivity index (χ4v) is 3.48. The van der Waals surface area contributed by atoms with Gasteiger partial charge in [0.05, 0.1) is 16.1 Å². The predicted octanol–water partition coefficient (Wildman–Crippen LogP) is 3.89. The Labute approximate surface area is 139 Å². The van der Waals surface area contributed by atoms with Crippen molar-refractivity contribution < 1.29 is 18.0 Å². The number of hydrogen-bond donors (Lipinski definition) is 1. The molecular formula is C16H14F3N3OS. The number of alkyl halides is 3. The number of nitrogens with zero attached hydrogens (tertiary/aromatic N) is 2. The van der Waals surface area contributed by atoms with Crippen LogP contribution in [-0.2, 0) is 19.8 Å². The zero-order valence-electron chi connectivity index (χ0n) is 12.9. The summed E-state index contributed by atoms with van der Waals surface area (Å²) in [7, 11) is 1.80. The van der Waals surface area contributed by atoms with Gasteiger partial charge in [-0.1, -0.05) is 12.1 Å². The number of rotatable bonds is 3. The van der Waals surface area contributed by atoms with Crippen LogP contribution in [0.1, 0.15) is 26.5 Å². The number of fused-ring (bicyclic) bond motifs is 1. The average Bonchev–Trinajstić information content (AvgIpc) is 3.07. The number of halogens is 3. The van der Waals surface area contributed by atoms with Crippen molar-refractivity contribution in [2.75, 3.05) is 0 Å². The first kappa shape index (κ1) is 16.5. The van der Waals surface area contributed by atoms with Crippen LogP contribution in [-0.4, -0.2) is 15.7 Å². The van der Waals surface area contributed by atoms with Gasteiger partial charge in [-0.2, -0.15) is 18.3 Å². The Morgan fingerprint density at radius 1 is 1.33 bits per heavy atom. The summed E-state index contributed by atoms with van der Waals surface area (Å²) < 4.78 is 39.8. The summed E-state index contributed by atoms with van der Waals surface area (Å²) in [5.74, 6) is -0.312. The first-order valence-electron chi connectivity index (χ1n) is 7.13. The van der Waals surface area contributed by atoms with E-state index in [0.29, 0.717) is 10.4 Å². The Morgan fingerprint density at radius 3 is 2.75 bits per heavy atom. The number of benzene rings is 1. The lowest BCUT2D eigenvalue weighted by molar-refractivity contribution is -0.137. The molecule has 0 saturated carbocycles. The van der Waals surface area contributed by atoms with Crippen molar-refractivity contribution in [3.05, 3.63) is 52.0 Å². The van der Waals surface area contributed by atoms with Gasteiger partial charge in [0, 0.05) is 19.0 Å². The lowest BCUT2D eigenvalue weighted by Gasteiger charge is -2.09. The Hall–Kier alpha value is -2.35. The first-order chi connectivity index (χ1) is 11.3. The van der Waals surface area contributed by atoms with E-state index in [4.69, 9.17) is 0 Å². The summed E-state index contributed by atoms with van der Waals surface area (Å²) in [6, 6.07) is 6.68. The lowest BCUT2D eigenvalue weighted by Crippen LogP contribution is -2.22. The summed E-state index contributed by atoms with van der Waals surface area (Å²) in [6.45, 7) is 1.90. The molecule has 0 aliphatic carbocycles. The number of nitrogens with one attached hydrogen (secondary N) is 1. The van der Waals surface area contributed by atoms with Crippen LogP contribution in [0.2, 0.25) is 0 Å². The van der Waals surface area contributed by atoms with Gasteiger partial charge in [0.2, 0.25) is 0 Å². The number of hydrogen-bond acceptors (Lipinski definition) is 3.